The third kappa shape index (κ3) is 17.8. The van der Waals surface area contributed by atoms with Gasteiger partial charge in [0.25, 0.3) is 0 Å². The Balaban J connectivity index is 0.000000165. The molecule has 0 N–H and O–H groups in total. The van der Waals surface area contributed by atoms with Crippen molar-refractivity contribution in [1.82, 2.24) is 15.0 Å². The SMILES string of the molecule is CCCCCCCCCCOc1cccc(-c2cc[c-]c(-c3nccc4ccccc34)c2)c1.[Ir].[Ir].[Ir].[c-]1ccc(N(c2cccc3ccccc23)c2cccc3ccccc23)cc1-c1ccccn1.[c-]1ccc(N(c2ccccc2)c2ccccc2)cc1-c1ccccn1. The molecule has 0 unspecified atom stereocenters. The minimum absolute atomic E-state index is 0. The van der Waals surface area contributed by atoms with Crippen LogP contribution < -0.4 is 14.5 Å². The van der Waals surface area contributed by atoms with Gasteiger partial charge in [-0.3, -0.25) is 0 Å². The molecule has 0 bridgehead atoms. The van der Waals surface area contributed by atoms with Crippen molar-refractivity contribution in [3.8, 4) is 50.6 Å². The van der Waals surface area contributed by atoms with E-state index in [1.165, 1.54) is 71.9 Å². The minimum Gasteiger partial charge on any atom is -0.494 e. The van der Waals surface area contributed by atoms with Crippen molar-refractivity contribution < 1.29 is 65.1 Å². The molecule has 3 heterocycles. The number of para-hydroxylation sites is 2. The Labute approximate surface area is 594 Å². The Kier molecular flexibility index (Phi) is 26.5. The molecule has 0 fully saturated rings. The molecule has 0 saturated carbocycles. The molecule has 3 aromatic heterocycles. The van der Waals surface area contributed by atoms with Crippen LogP contribution in [0.15, 0.2) is 310 Å². The van der Waals surface area contributed by atoms with Gasteiger partial charge in [-0.2, -0.15) is 0 Å². The van der Waals surface area contributed by atoms with Gasteiger partial charge in [-0.1, -0.05) is 222 Å². The molecule has 14 aromatic rings. The van der Waals surface area contributed by atoms with E-state index in [0.717, 1.165) is 103 Å². The van der Waals surface area contributed by atoms with Gasteiger partial charge in [-0.05, 0) is 129 Å². The first-order valence-electron chi connectivity index (χ1n) is 31.8. The van der Waals surface area contributed by atoms with Gasteiger partial charge >= 0.3 is 0 Å². The summed E-state index contributed by atoms with van der Waals surface area (Å²) in [6, 6.07) is 110. The summed E-state index contributed by atoms with van der Waals surface area (Å²) < 4.78 is 6.07. The normalized spacial score (nSPS) is 10.5. The quantitative estimate of drug-likeness (QED) is 0.0560. The second-order valence-corrected chi connectivity index (χ2v) is 22.4. The zero-order chi connectivity index (χ0) is 61.7. The van der Waals surface area contributed by atoms with Crippen molar-refractivity contribution in [2.24, 2.45) is 0 Å². The number of pyridine rings is 3. The van der Waals surface area contributed by atoms with E-state index >= 15 is 0 Å². The van der Waals surface area contributed by atoms with Crippen molar-refractivity contribution in [2.75, 3.05) is 16.4 Å². The van der Waals surface area contributed by atoms with Gasteiger partial charge in [0.05, 0.1) is 18.0 Å². The fraction of sp³-hybridized carbons (Fsp3) is 0.118. The number of anilines is 6. The number of benzene rings is 11. The number of ether oxygens (including phenoxy) is 1. The summed E-state index contributed by atoms with van der Waals surface area (Å²) in [7, 11) is 0. The van der Waals surface area contributed by atoms with Gasteiger partial charge in [-0.15, -0.1) is 95.1 Å². The zero-order valence-corrected chi connectivity index (χ0v) is 59.6. The molecular formula is C85H72Ir3N5O-3. The molecule has 3 radical (unpaired) electrons. The fourth-order valence-corrected chi connectivity index (χ4v) is 11.7. The molecule has 473 valence electrons. The molecule has 0 atom stereocenters. The van der Waals surface area contributed by atoms with Crippen LogP contribution in [-0.4, -0.2) is 21.6 Å². The van der Waals surface area contributed by atoms with Gasteiger partial charge in [0, 0.05) is 101 Å². The summed E-state index contributed by atoms with van der Waals surface area (Å²) in [6.45, 7) is 3.05. The Hall–Kier alpha value is -9.00. The average Bonchev–Trinajstić information content (AvgIpc) is 0.794. The minimum atomic E-state index is 0. The number of aromatic nitrogens is 3. The maximum atomic E-state index is 6.07. The first-order chi connectivity index (χ1) is 45.1. The van der Waals surface area contributed by atoms with E-state index in [0.29, 0.717) is 0 Å². The van der Waals surface area contributed by atoms with E-state index in [1.54, 1.807) is 0 Å². The van der Waals surface area contributed by atoms with Gasteiger partial charge in [-0.25, -0.2) is 0 Å². The first-order valence-corrected chi connectivity index (χ1v) is 31.8. The first kappa shape index (κ1) is 69.3. The van der Waals surface area contributed by atoms with Gasteiger partial charge in [0.15, 0.2) is 0 Å². The molecule has 0 saturated heterocycles. The predicted octanol–water partition coefficient (Wildman–Crippen LogP) is 23.2. The summed E-state index contributed by atoms with van der Waals surface area (Å²) in [5, 5.41) is 7.19. The molecule has 94 heavy (non-hydrogen) atoms. The molecule has 9 heteroatoms. The van der Waals surface area contributed by atoms with Crippen LogP contribution in [0.25, 0.3) is 77.2 Å². The van der Waals surface area contributed by atoms with Crippen LogP contribution in [0.3, 0.4) is 0 Å². The van der Waals surface area contributed by atoms with Crippen LogP contribution >= 0.6 is 0 Å². The third-order valence-corrected chi connectivity index (χ3v) is 16.2. The van der Waals surface area contributed by atoms with Crippen LogP contribution in [0.5, 0.6) is 5.75 Å². The van der Waals surface area contributed by atoms with E-state index in [9.17, 15) is 0 Å². The Morgan fingerprint density at radius 3 is 1.35 bits per heavy atom. The number of hydrogen-bond donors (Lipinski definition) is 0. The largest absolute Gasteiger partial charge is 0.494 e. The van der Waals surface area contributed by atoms with Crippen molar-refractivity contribution in [3.05, 3.63) is 328 Å². The van der Waals surface area contributed by atoms with Crippen LogP contribution in [0.1, 0.15) is 58.3 Å². The standard InChI is InChI=1S/C31H21N2.C31H34NO.C23H17N2.3Ir/c1-3-16-27-23(10-1)12-8-19-30(27)33(31-20-9-13-24-11-2-4-17-28(24)31)26-15-7-14-25(22-26)29-18-5-6-21-32-29;1-2-3-4-5-6-7-8-11-22-33-29-18-13-16-27(24-29)26-15-12-17-28(23-26)31-30-19-10-9-14-25(30)20-21-32-31;1-3-11-20(12-4-1)25(21-13-5-2-6-14-21)22-15-9-10-19(18-22)23-16-7-8-17-24-23;;;/h1-13,15-22H;9-10,12-16,18-21,23-24H,2-8,11,22H2,1H3;1-9,11-18H;;;/q3*-1;;;. The summed E-state index contributed by atoms with van der Waals surface area (Å²) in [5.74, 6) is 0.938. The molecule has 11 aromatic carbocycles. The zero-order valence-electron chi connectivity index (χ0n) is 52.5. The van der Waals surface area contributed by atoms with Gasteiger partial charge < -0.3 is 29.5 Å². The average molecular weight is 1760 g/mol. The topological polar surface area (TPSA) is 54.4 Å². The van der Waals surface area contributed by atoms with E-state index in [1.807, 2.05) is 85.3 Å². The van der Waals surface area contributed by atoms with E-state index < -0.39 is 0 Å². The summed E-state index contributed by atoms with van der Waals surface area (Å²) >= 11 is 0. The maximum absolute atomic E-state index is 6.07. The number of hydrogen-bond acceptors (Lipinski definition) is 6. The van der Waals surface area contributed by atoms with Crippen LogP contribution in [0, 0.1) is 18.2 Å². The summed E-state index contributed by atoms with van der Waals surface area (Å²) in [6.07, 6.45) is 16.0. The molecule has 0 spiro atoms. The number of rotatable bonds is 20. The summed E-state index contributed by atoms with van der Waals surface area (Å²) in [5.41, 5.74) is 14.7. The van der Waals surface area contributed by atoms with E-state index in [4.69, 9.17) is 4.74 Å². The number of fused-ring (bicyclic) bond motifs is 3. The van der Waals surface area contributed by atoms with Crippen molar-refractivity contribution in [1.29, 1.82) is 0 Å². The number of nitrogens with zero attached hydrogens (tertiary/aromatic N) is 5. The van der Waals surface area contributed by atoms with Gasteiger partial charge in [0.2, 0.25) is 0 Å². The monoisotopic (exact) mass is 1760 g/mol. The van der Waals surface area contributed by atoms with E-state index in [2.05, 4.69) is 274 Å². The third-order valence-electron chi connectivity index (χ3n) is 16.2. The molecule has 0 aliphatic rings. The molecule has 14 rings (SSSR count). The van der Waals surface area contributed by atoms with Gasteiger partial charge in [0.1, 0.15) is 5.75 Å². The Morgan fingerprint density at radius 1 is 0.330 bits per heavy atom. The van der Waals surface area contributed by atoms with Crippen LogP contribution in [-0.2, 0) is 60.3 Å². The second-order valence-electron chi connectivity index (χ2n) is 22.4. The summed E-state index contributed by atoms with van der Waals surface area (Å²) in [4.78, 5) is 18.2. The number of unbranched alkanes of at least 4 members (excludes halogenated alkanes) is 7. The van der Waals surface area contributed by atoms with Crippen molar-refractivity contribution in [3.63, 3.8) is 0 Å². The van der Waals surface area contributed by atoms with E-state index in [-0.39, 0.29) is 60.3 Å². The molecule has 6 nitrogen and oxygen atoms in total. The molecule has 0 aliphatic heterocycles. The Bertz CT molecular complexity index is 4460. The van der Waals surface area contributed by atoms with Crippen molar-refractivity contribution >= 4 is 66.4 Å². The fourth-order valence-electron chi connectivity index (χ4n) is 11.7. The van der Waals surface area contributed by atoms with Crippen molar-refractivity contribution in [2.45, 2.75) is 58.3 Å². The second kappa shape index (κ2) is 35.9. The maximum Gasteiger partial charge on any atom is 0.119 e. The van der Waals surface area contributed by atoms with Crippen LogP contribution in [0.4, 0.5) is 34.1 Å². The Morgan fingerprint density at radius 2 is 0.787 bits per heavy atom. The smallest absolute Gasteiger partial charge is 0.119 e. The predicted molar refractivity (Wildman–Crippen MR) is 381 cm³/mol. The molecule has 0 aliphatic carbocycles. The molecule has 0 amide bonds. The van der Waals surface area contributed by atoms with Crippen LogP contribution in [0.2, 0.25) is 0 Å². The molecular weight excluding hydrogens is 1680 g/mol.